The lowest BCUT2D eigenvalue weighted by molar-refractivity contribution is 0.622. The molecule has 1 aromatic carbocycles. The van der Waals surface area contributed by atoms with E-state index in [0.717, 1.165) is 30.8 Å². The van der Waals surface area contributed by atoms with Crippen molar-refractivity contribution >= 4 is 0 Å². The van der Waals surface area contributed by atoms with Gasteiger partial charge in [-0.05, 0) is 49.2 Å². The van der Waals surface area contributed by atoms with Crippen LogP contribution in [0.1, 0.15) is 16.8 Å². The molecule has 1 N–H and O–H groups in total. The molecule has 0 saturated carbocycles. The van der Waals surface area contributed by atoms with Crippen molar-refractivity contribution in [1.29, 1.82) is 0 Å². The summed E-state index contributed by atoms with van der Waals surface area (Å²) in [5.41, 5.74) is 3.27. The number of nitrogens with one attached hydrogen (secondary N) is 1. The minimum Gasteiger partial charge on any atom is -0.311 e. The van der Waals surface area contributed by atoms with Crippen LogP contribution >= 0.6 is 0 Å². The van der Waals surface area contributed by atoms with E-state index in [-0.39, 0.29) is 5.82 Å². The molecule has 94 valence electrons. The van der Waals surface area contributed by atoms with Crippen LogP contribution in [0.15, 0.2) is 42.6 Å². The molecule has 0 spiro atoms. The minimum atomic E-state index is -0.173. The lowest BCUT2D eigenvalue weighted by Gasteiger charge is -2.06. The molecule has 0 aliphatic heterocycles. The molecule has 0 amide bonds. The van der Waals surface area contributed by atoms with Crippen LogP contribution in [-0.2, 0) is 13.0 Å². The Hall–Kier alpha value is -1.74. The van der Waals surface area contributed by atoms with Gasteiger partial charge in [0, 0.05) is 12.7 Å². The summed E-state index contributed by atoms with van der Waals surface area (Å²) in [6, 6.07) is 10.7. The van der Waals surface area contributed by atoms with Gasteiger partial charge in [-0.25, -0.2) is 4.39 Å². The minimum absolute atomic E-state index is 0.173. The number of rotatable bonds is 5. The van der Waals surface area contributed by atoms with Crippen molar-refractivity contribution in [3.8, 4) is 0 Å². The molecule has 0 saturated heterocycles. The number of hydrogen-bond acceptors (Lipinski definition) is 2. The highest BCUT2D eigenvalue weighted by molar-refractivity contribution is 5.18. The Morgan fingerprint density at radius 1 is 1.22 bits per heavy atom. The van der Waals surface area contributed by atoms with Crippen molar-refractivity contribution < 1.29 is 4.39 Å². The maximum Gasteiger partial charge on any atom is 0.123 e. The van der Waals surface area contributed by atoms with Crippen LogP contribution in [-0.4, -0.2) is 11.5 Å². The smallest absolute Gasteiger partial charge is 0.123 e. The molecule has 0 fully saturated rings. The van der Waals surface area contributed by atoms with Crippen molar-refractivity contribution in [2.24, 2.45) is 0 Å². The maximum atomic E-state index is 13.0. The van der Waals surface area contributed by atoms with Crippen LogP contribution in [0, 0.1) is 12.7 Å². The molecule has 3 heteroatoms. The number of aryl methyl sites for hydroxylation is 1. The zero-order valence-corrected chi connectivity index (χ0v) is 10.5. The third kappa shape index (κ3) is 3.64. The van der Waals surface area contributed by atoms with Gasteiger partial charge in [-0.15, -0.1) is 0 Å². The van der Waals surface area contributed by atoms with E-state index >= 15 is 0 Å². The maximum absolute atomic E-state index is 13.0. The predicted octanol–water partition coefficient (Wildman–Crippen LogP) is 2.86. The quantitative estimate of drug-likeness (QED) is 0.818. The summed E-state index contributed by atoms with van der Waals surface area (Å²) < 4.78 is 13.0. The first kappa shape index (κ1) is 12.7. The normalized spacial score (nSPS) is 10.6. The fourth-order valence-electron chi connectivity index (χ4n) is 1.84. The van der Waals surface area contributed by atoms with Gasteiger partial charge in [0.2, 0.25) is 0 Å². The van der Waals surface area contributed by atoms with Crippen molar-refractivity contribution in [3.63, 3.8) is 0 Å². The largest absolute Gasteiger partial charge is 0.311 e. The van der Waals surface area contributed by atoms with E-state index in [2.05, 4.69) is 23.3 Å². The highest BCUT2D eigenvalue weighted by atomic mass is 19.1. The number of benzene rings is 1. The zero-order chi connectivity index (χ0) is 12.8. The van der Waals surface area contributed by atoms with Crippen LogP contribution < -0.4 is 5.32 Å². The molecule has 1 aromatic heterocycles. The van der Waals surface area contributed by atoms with Crippen molar-refractivity contribution in [1.82, 2.24) is 10.3 Å². The molecule has 0 unspecified atom stereocenters. The van der Waals surface area contributed by atoms with Crippen LogP contribution in [0.3, 0.4) is 0 Å². The lowest BCUT2D eigenvalue weighted by Crippen LogP contribution is -2.18. The standard InChI is InChI=1S/C15H17FN2/c1-12-4-3-8-18-15(12)11-17-9-7-13-5-2-6-14(16)10-13/h2-6,8,10,17H,7,9,11H2,1H3. The molecule has 0 atom stereocenters. The SMILES string of the molecule is Cc1cccnc1CNCCc1cccc(F)c1. The number of hydrogen-bond donors (Lipinski definition) is 1. The van der Waals surface area contributed by atoms with E-state index in [9.17, 15) is 4.39 Å². The topological polar surface area (TPSA) is 24.9 Å². The first-order valence-corrected chi connectivity index (χ1v) is 6.11. The Morgan fingerprint density at radius 3 is 2.89 bits per heavy atom. The first-order valence-electron chi connectivity index (χ1n) is 6.11. The fraction of sp³-hybridized carbons (Fsp3) is 0.267. The Balaban J connectivity index is 1.78. The second-order valence-corrected chi connectivity index (χ2v) is 4.32. The molecule has 2 nitrogen and oxygen atoms in total. The molecule has 0 radical (unpaired) electrons. The molecular formula is C15H17FN2. The van der Waals surface area contributed by atoms with E-state index in [1.807, 2.05) is 12.1 Å². The number of halogens is 1. The molecule has 18 heavy (non-hydrogen) atoms. The summed E-state index contributed by atoms with van der Waals surface area (Å²) in [6.07, 6.45) is 2.63. The Labute approximate surface area is 107 Å². The summed E-state index contributed by atoms with van der Waals surface area (Å²) in [4.78, 5) is 4.31. The molecule has 2 aromatic rings. The van der Waals surface area contributed by atoms with Gasteiger partial charge < -0.3 is 5.32 Å². The van der Waals surface area contributed by atoms with Crippen molar-refractivity contribution in [2.45, 2.75) is 19.9 Å². The van der Waals surface area contributed by atoms with Gasteiger partial charge in [-0.3, -0.25) is 4.98 Å². The van der Waals surface area contributed by atoms with Gasteiger partial charge in [0.05, 0.1) is 5.69 Å². The molecule has 2 rings (SSSR count). The number of aromatic nitrogens is 1. The van der Waals surface area contributed by atoms with E-state index in [4.69, 9.17) is 0 Å². The van der Waals surface area contributed by atoms with Gasteiger partial charge >= 0.3 is 0 Å². The van der Waals surface area contributed by atoms with Crippen LogP contribution in [0.4, 0.5) is 4.39 Å². The fourth-order valence-corrected chi connectivity index (χ4v) is 1.84. The van der Waals surface area contributed by atoms with Crippen LogP contribution in [0.2, 0.25) is 0 Å². The summed E-state index contributed by atoms with van der Waals surface area (Å²) in [5.74, 6) is -0.173. The second-order valence-electron chi connectivity index (χ2n) is 4.32. The van der Waals surface area contributed by atoms with Crippen molar-refractivity contribution in [3.05, 3.63) is 65.2 Å². The van der Waals surface area contributed by atoms with Gasteiger partial charge in [-0.1, -0.05) is 18.2 Å². The third-order valence-electron chi connectivity index (χ3n) is 2.89. The Kier molecular flexibility index (Phi) is 4.42. The molecule has 0 bridgehead atoms. The van der Waals surface area contributed by atoms with Gasteiger partial charge in [0.15, 0.2) is 0 Å². The molecular weight excluding hydrogens is 227 g/mol. The molecule has 0 aliphatic rings. The van der Waals surface area contributed by atoms with Gasteiger partial charge in [0.25, 0.3) is 0 Å². The number of pyridine rings is 1. The van der Waals surface area contributed by atoms with Gasteiger partial charge in [-0.2, -0.15) is 0 Å². The second kappa shape index (κ2) is 6.26. The van der Waals surface area contributed by atoms with E-state index in [1.54, 1.807) is 18.3 Å². The molecule has 0 aliphatic carbocycles. The van der Waals surface area contributed by atoms with Crippen LogP contribution in [0.25, 0.3) is 0 Å². The predicted molar refractivity (Wildman–Crippen MR) is 70.8 cm³/mol. The highest BCUT2D eigenvalue weighted by Crippen LogP contribution is 2.05. The average Bonchev–Trinajstić information content (AvgIpc) is 2.37. The third-order valence-corrected chi connectivity index (χ3v) is 2.89. The Bertz CT molecular complexity index is 511. The van der Waals surface area contributed by atoms with E-state index in [1.165, 1.54) is 11.6 Å². The summed E-state index contributed by atoms with van der Waals surface area (Å²) >= 11 is 0. The van der Waals surface area contributed by atoms with E-state index < -0.39 is 0 Å². The number of nitrogens with zero attached hydrogens (tertiary/aromatic N) is 1. The zero-order valence-electron chi connectivity index (χ0n) is 10.5. The molecule has 1 heterocycles. The lowest BCUT2D eigenvalue weighted by atomic mass is 10.1. The van der Waals surface area contributed by atoms with Gasteiger partial charge in [0.1, 0.15) is 5.82 Å². The average molecular weight is 244 g/mol. The Morgan fingerprint density at radius 2 is 2.11 bits per heavy atom. The van der Waals surface area contributed by atoms with E-state index in [0.29, 0.717) is 0 Å². The van der Waals surface area contributed by atoms with Crippen LogP contribution in [0.5, 0.6) is 0 Å². The summed E-state index contributed by atoms with van der Waals surface area (Å²) in [7, 11) is 0. The highest BCUT2D eigenvalue weighted by Gasteiger charge is 1.99. The van der Waals surface area contributed by atoms with Crippen molar-refractivity contribution in [2.75, 3.05) is 6.54 Å². The summed E-state index contributed by atoms with van der Waals surface area (Å²) in [6.45, 7) is 3.62. The monoisotopic (exact) mass is 244 g/mol. The summed E-state index contributed by atoms with van der Waals surface area (Å²) in [5, 5.41) is 3.33. The first-order chi connectivity index (χ1) is 8.75.